The van der Waals surface area contributed by atoms with E-state index in [-0.39, 0.29) is 10.8 Å². The lowest BCUT2D eigenvalue weighted by atomic mass is 10.1. The van der Waals surface area contributed by atoms with Crippen LogP contribution in [0.4, 0.5) is 5.69 Å². The van der Waals surface area contributed by atoms with Crippen molar-refractivity contribution in [2.45, 2.75) is 51.1 Å². The van der Waals surface area contributed by atoms with Gasteiger partial charge in [-0.2, -0.15) is 5.10 Å². The van der Waals surface area contributed by atoms with Crippen molar-refractivity contribution in [3.05, 3.63) is 77.6 Å². The highest BCUT2D eigenvalue weighted by Gasteiger charge is 2.23. The Morgan fingerprint density at radius 2 is 1.77 bits per heavy atom. The third-order valence-corrected chi connectivity index (χ3v) is 6.30. The SMILES string of the molecule is CCc1c(C(=O)Nc2cccc(S(=O)(=O)NC(C)(C)C)c2)cnn1Cc1ccccc1. The van der Waals surface area contributed by atoms with Gasteiger partial charge in [-0.3, -0.25) is 9.48 Å². The molecule has 0 radical (unpaired) electrons. The smallest absolute Gasteiger partial charge is 0.259 e. The molecular formula is C23H28N4O3S. The van der Waals surface area contributed by atoms with E-state index < -0.39 is 15.6 Å². The lowest BCUT2D eigenvalue weighted by Gasteiger charge is -2.20. The first kappa shape index (κ1) is 22.7. The maximum atomic E-state index is 12.9. The molecule has 0 fully saturated rings. The molecule has 2 N–H and O–H groups in total. The van der Waals surface area contributed by atoms with Gasteiger partial charge >= 0.3 is 0 Å². The Balaban J connectivity index is 1.81. The van der Waals surface area contributed by atoms with Crippen LogP contribution in [0.1, 0.15) is 49.3 Å². The van der Waals surface area contributed by atoms with Gasteiger partial charge in [-0.05, 0) is 51.0 Å². The number of anilines is 1. The van der Waals surface area contributed by atoms with E-state index in [2.05, 4.69) is 15.1 Å². The molecule has 1 aromatic heterocycles. The summed E-state index contributed by atoms with van der Waals surface area (Å²) >= 11 is 0. The second-order valence-corrected chi connectivity index (χ2v) is 10.0. The van der Waals surface area contributed by atoms with Crippen LogP contribution in [0.15, 0.2) is 65.7 Å². The summed E-state index contributed by atoms with van der Waals surface area (Å²) in [5, 5.41) is 7.19. The number of sulfonamides is 1. The minimum Gasteiger partial charge on any atom is -0.322 e. The number of amides is 1. The highest BCUT2D eigenvalue weighted by molar-refractivity contribution is 7.89. The van der Waals surface area contributed by atoms with Gasteiger partial charge in [-0.15, -0.1) is 0 Å². The quantitative estimate of drug-likeness (QED) is 0.584. The van der Waals surface area contributed by atoms with Crippen molar-refractivity contribution >= 4 is 21.6 Å². The maximum Gasteiger partial charge on any atom is 0.259 e. The third kappa shape index (κ3) is 5.80. The van der Waals surface area contributed by atoms with Crippen molar-refractivity contribution in [2.24, 2.45) is 0 Å². The molecule has 164 valence electrons. The lowest BCUT2D eigenvalue weighted by molar-refractivity contribution is 0.102. The van der Waals surface area contributed by atoms with E-state index in [4.69, 9.17) is 0 Å². The molecule has 0 spiro atoms. The number of carbonyl (C=O) groups is 1. The van der Waals surface area contributed by atoms with Gasteiger partial charge < -0.3 is 5.32 Å². The Kier molecular flexibility index (Phi) is 6.62. The van der Waals surface area contributed by atoms with Crippen LogP contribution in [-0.2, 0) is 23.0 Å². The van der Waals surface area contributed by atoms with E-state index in [1.54, 1.807) is 39.1 Å². The van der Waals surface area contributed by atoms with Gasteiger partial charge in [0.05, 0.1) is 28.9 Å². The molecule has 2 aromatic carbocycles. The molecular weight excluding hydrogens is 412 g/mol. The minimum atomic E-state index is -3.70. The van der Waals surface area contributed by atoms with Gasteiger partial charge in [0.15, 0.2) is 0 Å². The molecule has 0 atom stereocenters. The molecule has 0 unspecified atom stereocenters. The summed E-state index contributed by atoms with van der Waals surface area (Å²) < 4.78 is 29.6. The number of rotatable bonds is 7. The fraction of sp³-hybridized carbons (Fsp3) is 0.304. The van der Waals surface area contributed by atoms with Crippen molar-refractivity contribution in [3.63, 3.8) is 0 Å². The summed E-state index contributed by atoms with van der Waals surface area (Å²) in [5.74, 6) is -0.325. The molecule has 8 heteroatoms. The molecule has 0 bridgehead atoms. The van der Waals surface area contributed by atoms with E-state index in [9.17, 15) is 13.2 Å². The summed E-state index contributed by atoms with van der Waals surface area (Å²) in [4.78, 5) is 13.0. The summed E-state index contributed by atoms with van der Waals surface area (Å²) in [6, 6.07) is 16.1. The van der Waals surface area contributed by atoms with Crippen molar-refractivity contribution in [3.8, 4) is 0 Å². The van der Waals surface area contributed by atoms with E-state index in [1.807, 2.05) is 41.9 Å². The Morgan fingerprint density at radius 3 is 2.42 bits per heavy atom. The standard InChI is InChI=1S/C23H28N4O3S/c1-5-21-20(15-24-27(21)16-17-10-7-6-8-11-17)22(28)25-18-12-9-13-19(14-18)31(29,30)26-23(2,3)4/h6-15,26H,5,16H2,1-4H3,(H,25,28). The third-order valence-electron chi connectivity index (χ3n) is 4.55. The van der Waals surface area contributed by atoms with Crippen molar-refractivity contribution in [2.75, 3.05) is 5.32 Å². The Hall–Kier alpha value is -2.97. The first-order valence-electron chi connectivity index (χ1n) is 10.1. The zero-order chi connectivity index (χ0) is 22.6. The molecule has 1 amide bonds. The second-order valence-electron chi connectivity index (χ2n) is 8.34. The molecule has 0 saturated heterocycles. The molecule has 1 heterocycles. The number of carbonyl (C=O) groups excluding carboxylic acids is 1. The summed E-state index contributed by atoms with van der Waals surface area (Å²) in [5.41, 5.74) is 2.18. The number of hydrogen-bond donors (Lipinski definition) is 2. The van der Waals surface area contributed by atoms with Crippen LogP contribution in [0.5, 0.6) is 0 Å². The summed E-state index contributed by atoms with van der Waals surface area (Å²) in [6.07, 6.45) is 2.19. The molecule has 3 aromatic rings. The van der Waals surface area contributed by atoms with Crippen LogP contribution >= 0.6 is 0 Å². The fourth-order valence-electron chi connectivity index (χ4n) is 3.27. The van der Waals surface area contributed by atoms with Crippen molar-refractivity contribution < 1.29 is 13.2 Å². The molecule has 0 aliphatic heterocycles. The average molecular weight is 441 g/mol. The monoisotopic (exact) mass is 440 g/mol. The van der Waals surface area contributed by atoms with Gasteiger partial charge in [0.2, 0.25) is 10.0 Å². The van der Waals surface area contributed by atoms with Gasteiger partial charge in [0, 0.05) is 11.2 Å². The molecule has 7 nitrogen and oxygen atoms in total. The first-order valence-corrected chi connectivity index (χ1v) is 11.6. The van der Waals surface area contributed by atoms with Crippen LogP contribution in [0.3, 0.4) is 0 Å². The summed E-state index contributed by atoms with van der Waals surface area (Å²) in [6.45, 7) is 7.87. The number of aromatic nitrogens is 2. The van der Waals surface area contributed by atoms with Crippen LogP contribution in [-0.4, -0.2) is 29.6 Å². The number of benzene rings is 2. The van der Waals surface area contributed by atoms with Crippen LogP contribution in [0.2, 0.25) is 0 Å². The highest BCUT2D eigenvalue weighted by atomic mass is 32.2. The van der Waals surface area contributed by atoms with Crippen LogP contribution < -0.4 is 10.0 Å². The van der Waals surface area contributed by atoms with E-state index in [1.165, 1.54) is 12.1 Å². The minimum absolute atomic E-state index is 0.0933. The van der Waals surface area contributed by atoms with Crippen LogP contribution in [0, 0.1) is 0 Å². The zero-order valence-electron chi connectivity index (χ0n) is 18.2. The van der Waals surface area contributed by atoms with Gasteiger partial charge in [-0.25, -0.2) is 13.1 Å². The predicted molar refractivity (Wildman–Crippen MR) is 122 cm³/mol. The number of hydrogen-bond acceptors (Lipinski definition) is 4. The fourth-order valence-corrected chi connectivity index (χ4v) is 4.73. The summed E-state index contributed by atoms with van der Waals surface area (Å²) in [7, 11) is -3.70. The molecule has 0 saturated carbocycles. The van der Waals surface area contributed by atoms with Crippen molar-refractivity contribution in [1.82, 2.24) is 14.5 Å². The largest absolute Gasteiger partial charge is 0.322 e. The van der Waals surface area contributed by atoms with Gasteiger partial charge in [-0.1, -0.05) is 43.3 Å². The Labute approximate surface area is 183 Å². The zero-order valence-corrected chi connectivity index (χ0v) is 19.0. The van der Waals surface area contributed by atoms with Crippen LogP contribution in [0.25, 0.3) is 0 Å². The van der Waals surface area contributed by atoms with E-state index >= 15 is 0 Å². The maximum absolute atomic E-state index is 12.9. The average Bonchev–Trinajstić information content (AvgIpc) is 3.10. The highest BCUT2D eigenvalue weighted by Crippen LogP contribution is 2.19. The Bertz CT molecular complexity index is 1160. The van der Waals surface area contributed by atoms with E-state index in [0.717, 1.165) is 11.3 Å². The predicted octanol–water partition coefficient (Wildman–Crippen LogP) is 3.82. The number of nitrogens with one attached hydrogen (secondary N) is 2. The van der Waals surface area contributed by atoms with E-state index in [0.29, 0.717) is 24.2 Å². The molecule has 3 rings (SSSR count). The van der Waals surface area contributed by atoms with Gasteiger partial charge in [0.1, 0.15) is 0 Å². The topological polar surface area (TPSA) is 93.1 Å². The van der Waals surface area contributed by atoms with Crippen molar-refractivity contribution in [1.29, 1.82) is 0 Å². The first-order chi connectivity index (χ1) is 14.6. The molecule has 0 aliphatic carbocycles. The Morgan fingerprint density at radius 1 is 1.06 bits per heavy atom. The normalized spacial score (nSPS) is 12.0. The van der Waals surface area contributed by atoms with Gasteiger partial charge in [0.25, 0.3) is 5.91 Å². The second kappa shape index (κ2) is 9.03. The molecule has 0 aliphatic rings. The molecule has 31 heavy (non-hydrogen) atoms. The lowest BCUT2D eigenvalue weighted by Crippen LogP contribution is -2.40. The number of nitrogens with zero attached hydrogens (tertiary/aromatic N) is 2.